The van der Waals surface area contributed by atoms with Crippen LogP contribution < -0.4 is 0 Å². The molecule has 1 amide bonds. The zero-order chi connectivity index (χ0) is 17.7. The second-order valence-corrected chi connectivity index (χ2v) is 6.82. The number of pyridine rings is 1. The summed E-state index contributed by atoms with van der Waals surface area (Å²) in [6.45, 7) is 4.61. The van der Waals surface area contributed by atoms with Crippen LogP contribution in [0.2, 0.25) is 0 Å². The summed E-state index contributed by atoms with van der Waals surface area (Å²) in [6.07, 6.45) is 5.83. The van der Waals surface area contributed by atoms with E-state index in [0.717, 1.165) is 47.4 Å². The summed E-state index contributed by atoms with van der Waals surface area (Å²) < 4.78 is 3.54. The van der Waals surface area contributed by atoms with E-state index in [2.05, 4.69) is 15.2 Å². The molecule has 1 aliphatic rings. The molecule has 1 aliphatic heterocycles. The minimum atomic E-state index is 0.0537. The topological polar surface area (TPSA) is 68.8 Å². The first kappa shape index (κ1) is 15.8. The van der Waals surface area contributed by atoms with Crippen LogP contribution in [0, 0.1) is 13.8 Å². The van der Waals surface area contributed by atoms with Crippen molar-refractivity contribution < 1.29 is 4.79 Å². The van der Waals surface area contributed by atoms with Crippen LogP contribution in [0.3, 0.4) is 0 Å². The summed E-state index contributed by atoms with van der Waals surface area (Å²) in [6, 6.07) is 1.97. The smallest absolute Gasteiger partial charge is 0.255 e. The molecule has 0 saturated carbocycles. The third kappa shape index (κ3) is 2.50. The van der Waals surface area contributed by atoms with Crippen LogP contribution in [0.1, 0.15) is 46.2 Å². The molecular formula is C18H22N6O. The van der Waals surface area contributed by atoms with Gasteiger partial charge in [0.1, 0.15) is 0 Å². The average Bonchev–Trinajstić information content (AvgIpc) is 3.26. The van der Waals surface area contributed by atoms with Crippen LogP contribution >= 0.6 is 0 Å². The van der Waals surface area contributed by atoms with Crippen LogP contribution in [0.25, 0.3) is 11.0 Å². The molecule has 1 fully saturated rings. The van der Waals surface area contributed by atoms with Crippen LogP contribution in [-0.2, 0) is 14.1 Å². The number of fused-ring (bicyclic) bond motifs is 1. The Morgan fingerprint density at radius 3 is 2.80 bits per heavy atom. The highest BCUT2D eigenvalue weighted by Gasteiger charge is 2.33. The second-order valence-electron chi connectivity index (χ2n) is 6.82. The van der Waals surface area contributed by atoms with Gasteiger partial charge in [0.05, 0.1) is 28.9 Å². The molecule has 130 valence electrons. The molecule has 0 radical (unpaired) electrons. The number of likely N-dealkylation sites (tertiary alicyclic amines) is 1. The number of aryl methyl sites for hydroxylation is 4. The summed E-state index contributed by atoms with van der Waals surface area (Å²) in [4.78, 5) is 19.9. The van der Waals surface area contributed by atoms with Gasteiger partial charge in [-0.3, -0.25) is 14.2 Å². The van der Waals surface area contributed by atoms with Gasteiger partial charge in [-0.1, -0.05) is 0 Å². The van der Waals surface area contributed by atoms with E-state index in [1.54, 1.807) is 9.36 Å². The summed E-state index contributed by atoms with van der Waals surface area (Å²) in [5.41, 5.74) is 4.22. The van der Waals surface area contributed by atoms with Crippen molar-refractivity contribution in [1.29, 1.82) is 0 Å². The maximum absolute atomic E-state index is 13.4. The Morgan fingerprint density at radius 1 is 1.28 bits per heavy atom. The van der Waals surface area contributed by atoms with Crippen molar-refractivity contribution in [3.05, 3.63) is 41.0 Å². The lowest BCUT2D eigenvalue weighted by molar-refractivity contribution is 0.0737. The molecule has 4 heterocycles. The molecule has 3 aromatic rings. The first-order chi connectivity index (χ1) is 12.0. The van der Waals surface area contributed by atoms with E-state index >= 15 is 0 Å². The standard InChI is InChI=1S/C18H22N6O/c1-11-8-14(16-12(2)21-23(4)17(16)20-11)18(25)24-7-5-6-15(24)13-9-19-22(3)10-13/h8-10,15H,5-7H2,1-4H3. The molecule has 1 unspecified atom stereocenters. The number of hydrogen-bond acceptors (Lipinski definition) is 4. The van der Waals surface area contributed by atoms with Gasteiger partial charge in [-0.05, 0) is 32.8 Å². The van der Waals surface area contributed by atoms with Gasteiger partial charge in [0, 0.05) is 38.1 Å². The Balaban J connectivity index is 1.79. The lowest BCUT2D eigenvalue weighted by Gasteiger charge is -2.24. The van der Waals surface area contributed by atoms with Gasteiger partial charge in [0.25, 0.3) is 5.91 Å². The lowest BCUT2D eigenvalue weighted by atomic mass is 10.1. The Kier molecular flexibility index (Phi) is 3.59. The van der Waals surface area contributed by atoms with E-state index in [1.807, 2.05) is 51.3 Å². The Bertz CT molecular complexity index is 970. The molecule has 0 aliphatic carbocycles. The van der Waals surface area contributed by atoms with E-state index in [0.29, 0.717) is 5.56 Å². The fourth-order valence-corrected chi connectivity index (χ4v) is 3.86. The summed E-state index contributed by atoms with van der Waals surface area (Å²) in [5, 5.41) is 9.57. The monoisotopic (exact) mass is 338 g/mol. The molecule has 0 spiro atoms. The average molecular weight is 338 g/mol. The maximum atomic E-state index is 13.4. The quantitative estimate of drug-likeness (QED) is 0.719. The fraction of sp³-hybridized carbons (Fsp3) is 0.444. The SMILES string of the molecule is Cc1cc(C(=O)N2CCCC2c2cnn(C)c2)c2c(C)nn(C)c2n1. The number of hydrogen-bond donors (Lipinski definition) is 0. The number of nitrogens with zero attached hydrogens (tertiary/aromatic N) is 6. The second kappa shape index (κ2) is 5.68. The van der Waals surface area contributed by atoms with Crippen molar-refractivity contribution in [3.63, 3.8) is 0 Å². The number of carbonyl (C=O) groups is 1. The van der Waals surface area contributed by atoms with Crippen molar-refractivity contribution in [2.45, 2.75) is 32.7 Å². The normalized spacial score (nSPS) is 17.6. The molecule has 7 nitrogen and oxygen atoms in total. The zero-order valence-electron chi connectivity index (χ0n) is 15.0. The summed E-state index contributed by atoms with van der Waals surface area (Å²) in [5.74, 6) is 0.0537. The molecule has 7 heteroatoms. The third-order valence-electron chi connectivity index (χ3n) is 4.95. The van der Waals surface area contributed by atoms with E-state index < -0.39 is 0 Å². The first-order valence-electron chi connectivity index (χ1n) is 8.56. The van der Waals surface area contributed by atoms with Crippen molar-refractivity contribution in [3.8, 4) is 0 Å². The molecule has 4 rings (SSSR count). The van der Waals surface area contributed by atoms with Crippen LogP contribution in [0.15, 0.2) is 18.5 Å². The Morgan fingerprint density at radius 2 is 2.08 bits per heavy atom. The van der Waals surface area contributed by atoms with Gasteiger partial charge in [-0.2, -0.15) is 10.2 Å². The summed E-state index contributed by atoms with van der Waals surface area (Å²) in [7, 11) is 3.77. The lowest BCUT2D eigenvalue weighted by Crippen LogP contribution is -2.30. The van der Waals surface area contributed by atoms with Gasteiger partial charge in [0.15, 0.2) is 5.65 Å². The Hall–Kier alpha value is -2.70. The zero-order valence-corrected chi connectivity index (χ0v) is 15.0. The number of rotatable bonds is 2. The van der Waals surface area contributed by atoms with Crippen molar-refractivity contribution in [1.82, 2.24) is 29.4 Å². The minimum absolute atomic E-state index is 0.0537. The highest BCUT2D eigenvalue weighted by atomic mass is 16.2. The van der Waals surface area contributed by atoms with Crippen LogP contribution in [0.4, 0.5) is 0 Å². The van der Waals surface area contributed by atoms with Gasteiger partial charge in [-0.15, -0.1) is 0 Å². The van der Waals surface area contributed by atoms with Crippen molar-refractivity contribution in [2.24, 2.45) is 14.1 Å². The number of amides is 1. The molecule has 1 atom stereocenters. The van der Waals surface area contributed by atoms with E-state index in [9.17, 15) is 4.79 Å². The van der Waals surface area contributed by atoms with Gasteiger partial charge >= 0.3 is 0 Å². The number of aromatic nitrogens is 5. The number of carbonyl (C=O) groups excluding carboxylic acids is 1. The largest absolute Gasteiger partial charge is 0.331 e. The maximum Gasteiger partial charge on any atom is 0.255 e. The fourth-order valence-electron chi connectivity index (χ4n) is 3.86. The molecule has 0 N–H and O–H groups in total. The first-order valence-corrected chi connectivity index (χ1v) is 8.56. The minimum Gasteiger partial charge on any atom is -0.331 e. The highest BCUT2D eigenvalue weighted by molar-refractivity contribution is 6.06. The van der Waals surface area contributed by atoms with Gasteiger partial charge in [-0.25, -0.2) is 4.98 Å². The summed E-state index contributed by atoms with van der Waals surface area (Å²) >= 11 is 0. The molecule has 1 saturated heterocycles. The molecule has 0 aromatic carbocycles. The molecule has 3 aromatic heterocycles. The predicted molar refractivity (Wildman–Crippen MR) is 94.2 cm³/mol. The van der Waals surface area contributed by atoms with Crippen molar-refractivity contribution in [2.75, 3.05) is 6.54 Å². The van der Waals surface area contributed by atoms with E-state index in [-0.39, 0.29) is 11.9 Å². The van der Waals surface area contributed by atoms with Gasteiger partial charge in [0.2, 0.25) is 0 Å². The van der Waals surface area contributed by atoms with Crippen LogP contribution in [-0.4, -0.2) is 41.9 Å². The molecular weight excluding hydrogens is 316 g/mol. The van der Waals surface area contributed by atoms with Crippen molar-refractivity contribution >= 4 is 16.9 Å². The van der Waals surface area contributed by atoms with E-state index in [1.165, 1.54) is 0 Å². The van der Waals surface area contributed by atoms with Crippen LogP contribution in [0.5, 0.6) is 0 Å². The molecule has 25 heavy (non-hydrogen) atoms. The Labute approximate surface area is 146 Å². The predicted octanol–water partition coefficient (Wildman–Crippen LogP) is 2.30. The van der Waals surface area contributed by atoms with Gasteiger partial charge < -0.3 is 4.90 Å². The van der Waals surface area contributed by atoms with E-state index in [4.69, 9.17) is 0 Å². The molecule has 0 bridgehead atoms. The highest BCUT2D eigenvalue weighted by Crippen LogP contribution is 2.34. The third-order valence-corrected chi connectivity index (χ3v) is 4.95.